The molecule has 3 heteroatoms. The minimum atomic E-state index is 0. The van der Waals surface area contributed by atoms with Crippen LogP contribution in [0.5, 0.6) is 0 Å². The number of aromatic nitrogens is 1. The van der Waals surface area contributed by atoms with E-state index in [2.05, 4.69) is 59.3 Å². The fourth-order valence-corrected chi connectivity index (χ4v) is 2.26. The van der Waals surface area contributed by atoms with Crippen LogP contribution in [0.25, 0.3) is 16.6 Å². The lowest BCUT2D eigenvalue weighted by Gasteiger charge is -2.08. The average Bonchev–Trinajstić information content (AvgIpc) is 2.82. The fraction of sp³-hybridized carbons (Fsp3) is 0.125. The molecule has 2 aromatic carbocycles. The van der Waals surface area contributed by atoms with Gasteiger partial charge in [0.1, 0.15) is 0 Å². The van der Waals surface area contributed by atoms with Gasteiger partial charge in [0, 0.05) is 23.3 Å². The van der Waals surface area contributed by atoms with Crippen LogP contribution >= 0.6 is 12.4 Å². The third-order valence-corrected chi connectivity index (χ3v) is 3.27. The maximum absolute atomic E-state index is 5.92. The highest BCUT2D eigenvalue weighted by molar-refractivity contribution is 5.85. The van der Waals surface area contributed by atoms with Crippen molar-refractivity contribution in [1.29, 1.82) is 0 Å². The van der Waals surface area contributed by atoms with E-state index >= 15 is 0 Å². The van der Waals surface area contributed by atoms with Crippen LogP contribution in [0.2, 0.25) is 0 Å². The summed E-state index contributed by atoms with van der Waals surface area (Å²) < 4.78 is 2.19. The molecule has 0 bridgehead atoms. The summed E-state index contributed by atoms with van der Waals surface area (Å²) in [5.41, 5.74) is 9.49. The van der Waals surface area contributed by atoms with Crippen molar-refractivity contribution < 1.29 is 0 Å². The second-order valence-corrected chi connectivity index (χ2v) is 4.63. The van der Waals surface area contributed by atoms with Crippen molar-refractivity contribution >= 4 is 23.3 Å². The first-order valence-corrected chi connectivity index (χ1v) is 6.18. The largest absolute Gasteiger partial charge is 0.324 e. The van der Waals surface area contributed by atoms with Crippen molar-refractivity contribution in [3.05, 3.63) is 66.4 Å². The Morgan fingerprint density at radius 2 is 1.74 bits per heavy atom. The van der Waals surface area contributed by atoms with Crippen LogP contribution in [-0.2, 0) is 0 Å². The predicted molar refractivity (Wildman–Crippen MR) is 83.1 cm³/mol. The van der Waals surface area contributed by atoms with Crippen molar-refractivity contribution in [3.8, 4) is 5.69 Å². The Balaban J connectivity index is 0.00000133. The molecule has 0 amide bonds. The summed E-state index contributed by atoms with van der Waals surface area (Å²) in [6, 6.07) is 19.0. The van der Waals surface area contributed by atoms with Gasteiger partial charge < -0.3 is 10.3 Å². The Hall–Kier alpha value is -1.77. The minimum Gasteiger partial charge on any atom is -0.324 e. The van der Waals surface area contributed by atoms with Crippen molar-refractivity contribution in [2.75, 3.05) is 0 Å². The van der Waals surface area contributed by atoms with Crippen molar-refractivity contribution in [2.45, 2.75) is 13.0 Å². The molecular formula is C16H17ClN2. The second kappa shape index (κ2) is 5.47. The number of fused-ring (bicyclic) bond motifs is 1. The van der Waals surface area contributed by atoms with E-state index in [1.807, 2.05) is 13.0 Å². The lowest BCUT2D eigenvalue weighted by Crippen LogP contribution is -2.04. The lowest BCUT2D eigenvalue weighted by atomic mass is 10.1. The Morgan fingerprint density at radius 3 is 2.42 bits per heavy atom. The molecule has 0 aliphatic heterocycles. The number of benzene rings is 2. The fourth-order valence-electron chi connectivity index (χ4n) is 2.26. The number of hydrogen-bond acceptors (Lipinski definition) is 1. The first-order valence-electron chi connectivity index (χ1n) is 6.18. The van der Waals surface area contributed by atoms with Gasteiger partial charge in [0.15, 0.2) is 0 Å². The SMILES string of the molecule is C[C@H](N)c1ccc2c(ccn2-c2ccccc2)c1.Cl. The van der Waals surface area contributed by atoms with Gasteiger partial charge in [-0.1, -0.05) is 24.3 Å². The van der Waals surface area contributed by atoms with Gasteiger partial charge >= 0.3 is 0 Å². The Bertz CT molecular complexity index is 672. The van der Waals surface area contributed by atoms with Crippen LogP contribution in [0.15, 0.2) is 60.8 Å². The van der Waals surface area contributed by atoms with E-state index < -0.39 is 0 Å². The zero-order valence-corrected chi connectivity index (χ0v) is 11.6. The van der Waals surface area contributed by atoms with Gasteiger partial charge in [-0.05, 0) is 42.8 Å². The summed E-state index contributed by atoms with van der Waals surface area (Å²) in [6.45, 7) is 2.01. The monoisotopic (exact) mass is 272 g/mol. The van der Waals surface area contributed by atoms with E-state index in [1.54, 1.807) is 0 Å². The third-order valence-electron chi connectivity index (χ3n) is 3.27. The van der Waals surface area contributed by atoms with Gasteiger partial charge in [0.05, 0.1) is 5.52 Å². The van der Waals surface area contributed by atoms with Crippen LogP contribution in [0.1, 0.15) is 18.5 Å². The molecule has 1 atom stereocenters. The van der Waals surface area contributed by atoms with E-state index in [0.29, 0.717) is 0 Å². The maximum atomic E-state index is 5.92. The molecule has 0 unspecified atom stereocenters. The Labute approximate surface area is 119 Å². The first-order chi connectivity index (χ1) is 8.75. The molecule has 0 saturated carbocycles. The predicted octanol–water partition coefficient (Wildman–Crippen LogP) is 4.07. The van der Waals surface area contributed by atoms with Crippen molar-refractivity contribution in [1.82, 2.24) is 4.57 Å². The van der Waals surface area contributed by atoms with Crippen LogP contribution in [0.3, 0.4) is 0 Å². The second-order valence-electron chi connectivity index (χ2n) is 4.63. The number of para-hydroxylation sites is 1. The minimum absolute atomic E-state index is 0. The molecule has 2 nitrogen and oxygen atoms in total. The molecule has 0 radical (unpaired) electrons. The number of halogens is 1. The molecule has 0 aliphatic rings. The van der Waals surface area contributed by atoms with Crippen LogP contribution in [0.4, 0.5) is 0 Å². The topological polar surface area (TPSA) is 30.9 Å². The van der Waals surface area contributed by atoms with E-state index in [-0.39, 0.29) is 18.4 Å². The third kappa shape index (κ3) is 2.50. The van der Waals surface area contributed by atoms with Gasteiger partial charge in [-0.2, -0.15) is 0 Å². The highest BCUT2D eigenvalue weighted by Gasteiger charge is 2.05. The average molecular weight is 273 g/mol. The summed E-state index contributed by atoms with van der Waals surface area (Å²) in [5.74, 6) is 0. The zero-order chi connectivity index (χ0) is 12.5. The highest BCUT2D eigenvalue weighted by atomic mass is 35.5. The summed E-state index contributed by atoms with van der Waals surface area (Å²) in [7, 11) is 0. The van der Waals surface area contributed by atoms with Crippen LogP contribution in [-0.4, -0.2) is 4.57 Å². The standard InChI is InChI=1S/C16H16N2.ClH/c1-12(17)13-7-8-16-14(11-13)9-10-18(16)15-5-3-2-4-6-15;/h2-12H,17H2,1H3;1H/t12-;/m0./s1. The van der Waals surface area contributed by atoms with Crippen molar-refractivity contribution in [2.24, 2.45) is 5.73 Å². The molecule has 0 fully saturated rings. The summed E-state index contributed by atoms with van der Waals surface area (Å²) in [6.07, 6.45) is 2.10. The smallest absolute Gasteiger partial charge is 0.0528 e. The van der Waals surface area contributed by atoms with Crippen molar-refractivity contribution in [3.63, 3.8) is 0 Å². The number of nitrogens with two attached hydrogens (primary N) is 1. The molecule has 0 saturated heterocycles. The van der Waals surface area contributed by atoms with E-state index in [9.17, 15) is 0 Å². The summed E-state index contributed by atoms with van der Waals surface area (Å²) in [5, 5.41) is 1.23. The van der Waals surface area contributed by atoms with Crippen LogP contribution < -0.4 is 5.73 Å². The summed E-state index contributed by atoms with van der Waals surface area (Å²) >= 11 is 0. The Morgan fingerprint density at radius 1 is 1.00 bits per heavy atom. The maximum Gasteiger partial charge on any atom is 0.0528 e. The number of hydrogen-bond donors (Lipinski definition) is 1. The molecule has 98 valence electrons. The first kappa shape index (κ1) is 13.7. The molecule has 1 aromatic heterocycles. The van der Waals surface area contributed by atoms with Gasteiger partial charge in [-0.3, -0.25) is 0 Å². The van der Waals surface area contributed by atoms with Gasteiger partial charge in [0.2, 0.25) is 0 Å². The number of rotatable bonds is 2. The normalized spacial score (nSPS) is 12.1. The molecular weight excluding hydrogens is 256 g/mol. The molecule has 2 N–H and O–H groups in total. The molecule has 0 aliphatic carbocycles. The van der Waals surface area contributed by atoms with Gasteiger partial charge in [-0.25, -0.2) is 0 Å². The molecule has 19 heavy (non-hydrogen) atoms. The molecule has 3 rings (SSSR count). The van der Waals surface area contributed by atoms with Gasteiger partial charge in [-0.15, -0.1) is 12.4 Å². The van der Waals surface area contributed by atoms with Crippen LogP contribution in [0, 0.1) is 0 Å². The zero-order valence-electron chi connectivity index (χ0n) is 10.8. The lowest BCUT2D eigenvalue weighted by molar-refractivity contribution is 0.820. The number of nitrogens with zero attached hydrogens (tertiary/aromatic N) is 1. The van der Waals surface area contributed by atoms with Gasteiger partial charge in [0.25, 0.3) is 0 Å². The van der Waals surface area contributed by atoms with E-state index in [1.165, 1.54) is 22.2 Å². The molecule has 1 heterocycles. The highest BCUT2D eigenvalue weighted by Crippen LogP contribution is 2.23. The van der Waals surface area contributed by atoms with E-state index in [4.69, 9.17) is 5.73 Å². The quantitative estimate of drug-likeness (QED) is 0.749. The summed E-state index contributed by atoms with van der Waals surface area (Å²) in [4.78, 5) is 0. The molecule has 3 aromatic rings. The van der Waals surface area contributed by atoms with E-state index in [0.717, 1.165) is 0 Å². The molecule has 0 spiro atoms. The Kier molecular flexibility index (Phi) is 3.93.